The molecule has 1 nitrogen and oxygen atoms in total. The van der Waals surface area contributed by atoms with Crippen molar-refractivity contribution < 1.29 is 4.79 Å². The molecule has 0 saturated heterocycles. The number of hydrogen-bond acceptors (Lipinski definition) is 1. The van der Waals surface area contributed by atoms with Gasteiger partial charge in [0, 0.05) is 16.7 Å². The molecule has 0 N–H and O–H groups in total. The Bertz CT molecular complexity index is 238. The summed E-state index contributed by atoms with van der Waals surface area (Å²) in [5.74, 6) is 3.14. The van der Waals surface area contributed by atoms with Crippen LogP contribution in [0.1, 0.15) is 25.7 Å². The zero-order chi connectivity index (χ0) is 8.29. The highest BCUT2D eigenvalue weighted by molar-refractivity contribution is 9.09. The number of carbonyl (C=O) groups is 1. The summed E-state index contributed by atoms with van der Waals surface area (Å²) in [5.41, 5.74) is 0. The summed E-state index contributed by atoms with van der Waals surface area (Å²) < 4.78 is 0. The second-order valence-electron chi connectivity index (χ2n) is 4.72. The van der Waals surface area contributed by atoms with E-state index in [-0.39, 0.29) is 0 Å². The third-order valence-corrected chi connectivity index (χ3v) is 5.42. The van der Waals surface area contributed by atoms with Crippen LogP contribution in [0.3, 0.4) is 0 Å². The first-order valence-electron chi connectivity index (χ1n) is 4.93. The minimum absolute atomic E-state index is 0.390. The number of halogens is 1. The molecule has 4 unspecified atom stereocenters. The Kier molecular flexibility index (Phi) is 1.47. The molecule has 0 aromatic carbocycles. The maximum absolute atomic E-state index is 11.8. The van der Waals surface area contributed by atoms with E-state index in [1.807, 2.05) is 0 Å². The first-order valence-corrected chi connectivity index (χ1v) is 5.85. The third kappa shape index (κ3) is 0.822. The Balaban J connectivity index is 1.98. The van der Waals surface area contributed by atoms with E-state index in [2.05, 4.69) is 15.9 Å². The fourth-order valence-corrected chi connectivity index (χ4v) is 4.47. The third-order valence-electron chi connectivity index (χ3n) is 4.03. The average molecular weight is 229 g/mol. The van der Waals surface area contributed by atoms with E-state index in [9.17, 15) is 4.79 Å². The van der Waals surface area contributed by atoms with Crippen LogP contribution in [-0.4, -0.2) is 10.6 Å². The molecule has 66 valence electrons. The second-order valence-corrected chi connectivity index (χ2v) is 5.78. The van der Waals surface area contributed by atoms with Crippen LogP contribution < -0.4 is 0 Å². The molecule has 4 aliphatic carbocycles. The van der Waals surface area contributed by atoms with Crippen molar-refractivity contribution in [3.05, 3.63) is 0 Å². The van der Waals surface area contributed by atoms with Gasteiger partial charge >= 0.3 is 0 Å². The van der Waals surface area contributed by atoms with E-state index in [1.54, 1.807) is 0 Å². The smallest absolute Gasteiger partial charge is 0.140 e. The monoisotopic (exact) mass is 228 g/mol. The van der Waals surface area contributed by atoms with E-state index < -0.39 is 0 Å². The largest absolute Gasteiger partial charge is 0.299 e. The van der Waals surface area contributed by atoms with Gasteiger partial charge in [0.15, 0.2) is 0 Å². The lowest BCUT2D eigenvalue weighted by atomic mass is 9.56. The summed E-state index contributed by atoms with van der Waals surface area (Å²) in [7, 11) is 0. The fraction of sp³-hybridized carbons (Fsp3) is 0.900. The van der Waals surface area contributed by atoms with Crippen molar-refractivity contribution in [2.24, 2.45) is 23.7 Å². The molecule has 4 aliphatic rings. The molecule has 0 aromatic rings. The predicted octanol–water partition coefficient (Wildman–Crippen LogP) is 2.39. The van der Waals surface area contributed by atoms with Crippen molar-refractivity contribution in [3.63, 3.8) is 0 Å². The van der Waals surface area contributed by atoms with Gasteiger partial charge in [0.25, 0.3) is 0 Å². The zero-order valence-electron chi connectivity index (χ0n) is 7.00. The Hall–Kier alpha value is 0.150. The van der Waals surface area contributed by atoms with Crippen molar-refractivity contribution in [2.75, 3.05) is 0 Å². The summed E-state index contributed by atoms with van der Waals surface area (Å²) >= 11 is 3.70. The van der Waals surface area contributed by atoms with Crippen molar-refractivity contribution >= 4 is 21.7 Å². The molecule has 0 spiro atoms. The number of carbonyl (C=O) groups excluding carboxylic acids is 1. The van der Waals surface area contributed by atoms with Gasteiger partial charge in [0.2, 0.25) is 0 Å². The molecular formula is C10H13BrO. The lowest BCUT2D eigenvalue weighted by Crippen LogP contribution is -2.51. The van der Waals surface area contributed by atoms with Gasteiger partial charge in [-0.2, -0.15) is 0 Å². The summed E-state index contributed by atoms with van der Waals surface area (Å²) in [6, 6.07) is 0. The summed E-state index contributed by atoms with van der Waals surface area (Å²) in [6.07, 6.45) is 4.96. The van der Waals surface area contributed by atoms with Crippen LogP contribution >= 0.6 is 15.9 Å². The highest BCUT2D eigenvalue weighted by Gasteiger charge is 2.52. The number of ketones is 1. The first kappa shape index (κ1) is 7.54. The molecule has 0 aromatic heterocycles. The average Bonchev–Trinajstić information content (AvgIpc) is 2.07. The van der Waals surface area contributed by atoms with Crippen molar-refractivity contribution in [1.82, 2.24) is 0 Å². The lowest BCUT2D eigenvalue weighted by Gasteiger charge is -2.51. The zero-order valence-corrected chi connectivity index (χ0v) is 8.59. The topological polar surface area (TPSA) is 17.1 Å². The maximum atomic E-state index is 11.8. The van der Waals surface area contributed by atoms with Gasteiger partial charge in [-0.3, -0.25) is 4.79 Å². The van der Waals surface area contributed by atoms with Crippen molar-refractivity contribution in [3.8, 4) is 0 Å². The minimum atomic E-state index is 0.390. The maximum Gasteiger partial charge on any atom is 0.140 e. The molecule has 0 amide bonds. The first-order chi connectivity index (χ1) is 5.75. The predicted molar refractivity (Wildman–Crippen MR) is 50.2 cm³/mol. The molecule has 4 fully saturated rings. The molecule has 4 bridgehead atoms. The Morgan fingerprint density at radius 2 is 2.00 bits per heavy atom. The quantitative estimate of drug-likeness (QED) is 0.583. The van der Waals surface area contributed by atoms with Crippen LogP contribution in [-0.2, 0) is 4.79 Å². The Morgan fingerprint density at radius 3 is 2.83 bits per heavy atom. The molecule has 0 heterocycles. The van der Waals surface area contributed by atoms with Crippen LogP contribution in [0.4, 0.5) is 0 Å². The number of hydrogen-bond donors (Lipinski definition) is 0. The van der Waals surface area contributed by atoms with Gasteiger partial charge in [-0.15, -0.1) is 0 Å². The van der Waals surface area contributed by atoms with Crippen LogP contribution in [0.2, 0.25) is 0 Å². The molecular weight excluding hydrogens is 216 g/mol. The number of Topliss-reactive ketones (excluding diaryl/α,β-unsaturated/α-hetero) is 1. The van der Waals surface area contributed by atoms with Gasteiger partial charge in [-0.05, 0) is 37.5 Å². The number of rotatable bonds is 0. The fourth-order valence-electron chi connectivity index (χ4n) is 3.56. The van der Waals surface area contributed by atoms with Gasteiger partial charge in [-0.25, -0.2) is 0 Å². The van der Waals surface area contributed by atoms with Crippen molar-refractivity contribution in [2.45, 2.75) is 30.5 Å². The normalized spacial score (nSPS) is 56.4. The highest BCUT2D eigenvalue weighted by atomic mass is 79.9. The molecule has 4 saturated carbocycles. The Labute approximate surface area is 81.0 Å². The van der Waals surface area contributed by atoms with Crippen LogP contribution in [0, 0.1) is 23.7 Å². The van der Waals surface area contributed by atoms with E-state index in [1.165, 1.54) is 25.7 Å². The van der Waals surface area contributed by atoms with E-state index in [4.69, 9.17) is 0 Å². The molecule has 5 atom stereocenters. The SMILES string of the molecule is O=C1C2CC3CC(C2)[C@H](Br)C1C3. The molecule has 2 heteroatoms. The van der Waals surface area contributed by atoms with Crippen LogP contribution in [0.5, 0.6) is 0 Å². The molecule has 0 aliphatic heterocycles. The minimum Gasteiger partial charge on any atom is -0.299 e. The lowest BCUT2D eigenvalue weighted by molar-refractivity contribution is -0.138. The molecule has 12 heavy (non-hydrogen) atoms. The van der Waals surface area contributed by atoms with Gasteiger partial charge < -0.3 is 0 Å². The van der Waals surface area contributed by atoms with E-state index >= 15 is 0 Å². The van der Waals surface area contributed by atoms with Crippen molar-refractivity contribution in [1.29, 1.82) is 0 Å². The van der Waals surface area contributed by atoms with E-state index in [0.717, 1.165) is 11.8 Å². The second kappa shape index (κ2) is 2.34. The summed E-state index contributed by atoms with van der Waals surface area (Å²) in [6.45, 7) is 0. The Morgan fingerprint density at radius 1 is 1.17 bits per heavy atom. The van der Waals surface area contributed by atoms with Crippen LogP contribution in [0.15, 0.2) is 0 Å². The van der Waals surface area contributed by atoms with Crippen LogP contribution in [0.25, 0.3) is 0 Å². The standard InChI is InChI=1S/C10H13BrO/c11-9-6-1-5-2-7(4-6)10(12)8(9)3-5/h5-9H,1-4H2/t5?,6?,7?,8?,9-/m0/s1. The number of alkyl halides is 1. The molecule has 0 radical (unpaired) electrons. The highest BCUT2D eigenvalue weighted by Crippen LogP contribution is 2.54. The summed E-state index contributed by atoms with van der Waals surface area (Å²) in [4.78, 5) is 12.3. The molecule has 4 rings (SSSR count). The van der Waals surface area contributed by atoms with Gasteiger partial charge in [-0.1, -0.05) is 15.9 Å². The summed E-state index contributed by atoms with van der Waals surface area (Å²) in [5, 5.41) is 0. The van der Waals surface area contributed by atoms with E-state index in [0.29, 0.717) is 22.4 Å². The van der Waals surface area contributed by atoms with Gasteiger partial charge in [0.1, 0.15) is 5.78 Å². The van der Waals surface area contributed by atoms with Gasteiger partial charge in [0.05, 0.1) is 0 Å².